The van der Waals surface area contributed by atoms with Gasteiger partial charge in [0.25, 0.3) is 0 Å². The van der Waals surface area contributed by atoms with E-state index in [1.165, 1.54) is 7.11 Å². The Balaban J connectivity index is 2.10. The average Bonchev–Trinajstić information content (AvgIpc) is 3.05. The average molecular weight is 339 g/mol. The summed E-state index contributed by atoms with van der Waals surface area (Å²) in [6.45, 7) is 1.74. The maximum atomic E-state index is 12.7. The Morgan fingerprint density at radius 2 is 1.80 bits per heavy atom. The first kappa shape index (κ1) is 16.6. The number of carbonyl (C=O) groups excluding carboxylic acids is 1. The first-order chi connectivity index (χ1) is 12.1. The van der Waals surface area contributed by atoms with Crippen LogP contribution in [0.4, 0.5) is 0 Å². The van der Waals surface area contributed by atoms with Crippen LogP contribution in [0, 0.1) is 6.92 Å². The van der Waals surface area contributed by atoms with E-state index in [4.69, 9.17) is 18.7 Å². The van der Waals surface area contributed by atoms with Crippen LogP contribution in [-0.4, -0.2) is 25.3 Å². The topological polar surface area (TPSA) is 70.8 Å². The lowest BCUT2D eigenvalue weighted by Crippen LogP contribution is -2.11. The summed E-state index contributed by atoms with van der Waals surface area (Å²) in [5.74, 6) is 0.442. The van der Waals surface area contributed by atoms with Crippen LogP contribution in [0.1, 0.15) is 16.1 Å². The highest BCUT2D eigenvalue weighted by Crippen LogP contribution is 2.41. The summed E-state index contributed by atoms with van der Waals surface area (Å²) in [6, 6.07) is 14.3. The van der Waals surface area contributed by atoms with E-state index in [0.717, 1.165) is 5.56 Å². The fourth-order valence-corrected chi connectivity index (χ4v) is 2.52. The molecule has 0 amide bonds. The van der Waals surface area contributed by atoms with Crippen LogP contribution < -0.4 is 14.2 Å². The van der Waals surface area contributed by atoms with Gasteiger partial charge in [0.05, 0.1) is 25.5 Å². The van der Waals surface area contributed by atoms with Gasteiger partial charge in [-0.1, -0.05) is 35.5 Å². The number of ether oxygens (including phenoxy) is 3. The molecule has 6 heteroatoms. The van der Waals surface area contributed by atoms with Crippen LogP contribution in [0.15, 0.2) is 53.1 Å². The van der Waals surface area contributed by atoms with Crippen LogP contribution >= 0.6 is 0 Å². The van der Waals surface area contributed by atoms with Crippen LogP contribution in [0.3, 0.4) is 0 Å². The fraction of sp³-hybridized carbons (Fsp3) is 0.158. The first-order valence-corrected chi connectivity index (χ1v) is 7.60. The van der Waals surface area contributed by atoms with Crippen molar-refractivity contribution in [1.82, 2.24) is 5.16 Å². The van der Waals surface area contributed by atoms with Gasteiger partial charge in [-0.25, -0.2) is 4.79 Å². The number of hydrogen-bond acceptors (Lipinski definition) is 6. The standard InChI is InChI=1S/C19H17NO5/c1-12-11-16(25-20-12)24-19(21)14-9-10-15(22-2)18(23-3)17(14)13-7-5-4-6-8-13/h4-11H,1-3H3. The molecule has 0 spiro atoms. The Morgan fingerprint density at radius 3 is 2.40 bits per heavy atom. The van der Waals surface area contributed by atoms with Crippen molar-refractivity contribution in [1.29, 1.82) is 0 Å². The highest BCUT2D eigenvalue weighted by atomic mass is 16.6. The van der Waals surface area contributed by atoms with Crippen LogP contribution in [0.25, 0.3) is 11.1 Å². The second-order valence-corrected chi connectivity index (χ2v) is 5.27. The quantitative estimate of drug-likeness (QED) is 0.657. The molecule has 0 saturated carbocycles. The van der Waals surface area contributed by atoms with Gasteiger partial charge >= 0.3 is 11.9 Å². The van der Waals surface area contributed by atoms with E-state index in [2.05, 4.69) is 5.16 Å². The third-order valence-electron chi connectivity index (χ3n) is 3.63. The molecular weight excluding hydrogens is 322 g/mol. The SMILES string of the molecule is COc1ccc(C(=O)Oc2cc(C)no2)c(-c2ccccc2)c1OC. The lowest BCUT2D eigenvalue weighted by Gasteiger charge is -2.16. The Bertz CT molecular complexity index is 886. The monoisotopic (exact) mass is 339 g/mol. The minimum atomic E-state index is -0.573. The normalized spacial score (nSPS) is 10.4. The van der Waals surface area contributed by atoms with Crippen molar-refractivity contribution in [2.24, 2.45) is 0 Å². The van der Waals surface area contributed by atoms with Crippen molar-refractivity contribution in [2.75, 3.05) is 14.2 Å². The van der Waals surface area contributed by atoms with Gasteiger partial charge in [0.2, 0.25) is 0 Å². The van der Waals surface area contributed by atoms with Gasteiger partial charge < -0.3 is 18.7 Å². The Kier molecular flexibility index (Phi) is 4.70. The molecule has 0 aliphatic heterocycles. The number of benzene rings is 2. The Hall–Kier alpha value is -3.28. The molecular formula is C19H17NO5. The van der Waals surface area contributed by atoms with E-state index < -0.39 is 5.97 Å². The van der Waals surface area contributed by atoms with Crippen molar-refractivity contribution in [3.05, 3.63) is 59.8 Å². The molecule has 0 saturated heterocycles. The number of nitrogens with zero attached hydrogens (tertiary/aromatic N) is 1. The molecule has 3 aromatic rings. The molecule has 0 aliphatic carbocycles. The molecule has 0 atom stereocenters. The second kappa shape index (κ2) is 7.09. The number of carbonyl (C=O) groups is 1. The highest BCUT2D eigenvalue weighted by molar-refractivity contribution is 6.00. The first-order valence-electron chi connectivity index (χ1n) is 7.60. The largest absolute Gasteiger partial charge is 0.493 e. The third-order valence-corrected chi connectivity index (χ3v) is 3.63. The summed E-state index contributed by atoms with van der Waals surface area (Å²) in [7, 11) is 3.07. The van der Waals surface area contributed by atoms with Gasteiger partial charge in [0.1, 0.15) is 0 Å². The van der Waals surface area contributed by atoms with Gasteiger partial charge in [-0.05, 0) is 24.6 Å². The third kappa shape index (κ3) is 3.33. The van der Waals surface area contributed by atoms with Crippen molar-refractivity contribution in [2.45, 2.75) is 6.92 Å². The van der Waals surface area contributed by atoms with Gasteiger partial charge in [-0.15, -0.1) is 0 Å². The molecule has 3 rings (SSSR count). The van der Waals surface area contributed by atoms with Crippen molar-refractivity contribution in [3.8, 4) is 28.6 Å². The molecule has 128 valence electrons. The molecule has 0 aliphatic rings. The van der Waals surface area contributed by atoms with Gasteiger partial charge in [0.15, 0.2) is 11.5 Å². The maximum absolute atomic E-state index is 12.7. The van der Waals surface area contributed by atoms with E-state index in [0.29, 0.717) is 28.3 Å². The second-order valence-electron chi connectivity index (χ2n) is 5.27. The summed E-state index contributed by atoms with van der Waals surface area (Å²) in [4.78, 5) is 12.7. The molecule has 0 N–H and O–H groups in total. The van der Waals surface area contributed by atoms with E-state index in [-0.39, 0.29) is 5.95 Å². The number of rotatable bonds is 5. The van der Waals surface area contributed by atoms with Crippen LogP contribution in [0.2, 0.25) is 0 Å². The van der Waals surface area contributed by atoms with E-state index >= 15 is 0 Å². The Labute approximate surface area is 144 Å². The number of aromatic nitrogens is 1. The zero-order valence-electron chi connectivity index (χ0n) is 14.1. The van der Waals surface area contributed by atoms with E-state index in [1.54, 1.807) is 32.2 Å². The molecule has 25 heavy (non-hydrogen) atoms. The number of methoxy groups -OCH3 is 2. The lowest BCUT2D eigenvalue weighted by molar-refractivity contribution is 0.0680. The smallest absolute Gasteiger partial charge is 0.346 e. The van der Waals surface area contributed by atoms with Crippen molar-refractivity contribution >= 4 is 5.97 Å². The molecule has 1 heterocycles. The van der Waals surface area contributed by atoms with Crippen LogP contribution in [-0.2, 0) is 0 Å². The summed E-state index contributed by atoms with van der Waals surface area (Å²) in [5, 5.41) is 3.71. The zero-order valence-corrected chi connectivity index (χ0v) is 14.1. The zero-order chi connectivity index (χ0) is 17.8. The molecule has 2 aromatic carbocycles. The van der Waals surface area contributed by atoms with Gasteiger partial charge in [0, 0.05) is 11.6 Å². The summed E-state index contributed by atoms with van der Waals surface area (Å²) < 4.78 is 21.1. The minimum Gasteiger partial charge on any atom is -0.493 e. The van der Waals surface area contributed by atoms with Gasteiger partial charge in [-0.3, -0.25) is 0 Å². The van der Waals surface area contributed by atoms with Crippen molar-refractivity contribution in [3.63, 3.8) is 0 Å². The predicted octanol–water partition coefficient (Wildman–Crippen LogP) is 3.89. The molecule has 6 nitrogen and oxygen atoms in total. The molecule has 1 aromatic heterocycles. The van der Waals surface area contributed by atoms with E-state index in [9.17, 15) is 4.79 Å². The van der Waals surface area contributed by atoms with E-state index in [1.807, 2.05) is 30.3 Å². The summed E-state index contributed by atoms with van der Waals surface area (Å²) in [6.07, 6.45) is 0. The molecule has 0 radical (unpaired) electrons. The highest BCUT2D eigenvalue weighted by Gasteiger charge is 2.23. The predicted molar refractivity (Wildman–Crippen MR) is 91.2 cm³/mol. The Morgan fingerprint density at radius 1 is 1.04 bits per heavy atom. The van der Waals surface area contributed by atoms with Crippen molar-refractivity contribution < 1.29 is 23.5 Å². The minimum absolute atomic E-state index is 0.0382. The molecule has 0 unspecified atom stereocenters. The molecule has 0 bridgehead atoms. The molecule has 0 fully saturated rings. The fourth-order valence-electron chi connectivity index (χ4n) is 2.52. The maximum Gasteiger partial charge on any atom is 0.346 e. The number of aryl methyl sites for hydroxylation is 1. The van der Waals surface area contributed by atoms with Crippen LogP contribution in [0.5, 0.6) is 17.4 Å². The summed E-state index contributed by atoms with van der Waals surface area (Å²) in [5.41, 5.74) is 2.35. The number of hydrogen-bond donors (Lipinski definition) is 0. The summed E-state index contributed by atoms with van der Waals surface area (Å²) >= 11 is 0. The number of esters is 1. The van der Waals surface area contributed by atoms with Gasteiger partial charge in [-0.2, -0.15) is 0 Å². The lowest BCUT2D eigenvalue weighted by atomic mass is 9.98.